The quantitative estimate of drug-likeness (QED) is 0.826. The second-order valence-electron chi connectivity index (χ2n) is 3.94. The maximum atomic E-state index is 6.16. The predicted octanol–water partition coefficient (Wildman–Crippen LogP) is 4.50. The Bertz CT molecular complexity index is 601. The summed E-state index contributed by atoms with van der Waals surface area (Å²) in [7, 11) is 0. The first kappa shape index (κ1) is 12.6. The number of rotatable bonds is 2. The highest BCUT2D eigenvalue weighted by atomic mass is 35.5. The van der Waals surface area contributed by atoms with Crippen molar-refractivity contribution >= 4 is 35.4 Å². The molecular formula is C11H11Cl2N3S. The number of halogens is 2. The molecule has 90 valence electrons. The number of benzene rings is 1. The van der Waals surface area contributed by atoms with Crippen LogP contribution in [0.1, 0.15) is 19.9 Å². The minimum Gasteiger partial charge on any atom is -0.298 e. The van der Waals surface area contributed by atoms with Crippen molar-refractivity contribution in [2.24, 2.45) is 0 Å². The van der Waals surface area contributed by atoms with Gasteiger partial charge in [-0.15, -0.1) is 0 Å². The van der Waals surface area contributed by atoms with E-state index in [2.05, 4.69) is 10.2 Å². The molecule has 1 aromatic carbocycles. The molecule has 0 aliphatic carbocycles. The Morgan fingerprint density at radius 3 is 2.65 bits per heavy atom. The summed E-state index contributed by atoms with van der Waals surface area (Å²) in [5.41, 5.74) is 0.817. The third-order valence-corrected chi connectivity index (χ3v) is 3.23. The van der Waals surface area contributed by atoms with E-state index in [9.17, 15) is 0 Å². The van der Waals surface area contributed by atoms with E-state index >= 15 is 0 Å². The number of nitrogens with one attached hydrogen (secondary N) is 1. The first-order valence-electron chi connectivity index (χ1n) is 5.13. The molecule has 17 heavy (non-hydrogen) atoms. The van der Waals surface area contributed by atoms with Gasteiger partial charge in [0.25, 0.3) is 0 Å². The van der Waals surface area contributed by atoms with Gasteiger partial charge in [0.2, 0.25) is 0 Å². The van der Waals surface area contributed by atoms with Gasteiger partial charge in [-0.05, 0) is 44.3 Å². The molecule has 2 rings (SSSR count). The SMILES string of the molecule is CC(C)n1c(-c2ccc(Cl)cc2Cl)n[nH]c1=S. The molecule has 0 saturated heterocycles. The fourth-order valence-electron chi connectivity index (χ4n) is 1.64. The van der Waals surface area contributed by atoms with E-state index in [1.54, 1.807) is 12.1 Å². The Morgan fingerprint density at radius 2 is 2.06 bits per heavy atom. The van der Waals surface area contributed by atoms with Gasteiger partial charge in [-0.1, -0.05) is 23.2 Å². The lowest BCUT2D eigenvalue weighted by molar-refractivity contribution is 0.597. The third-order valence-electron chi connectivity index (χ3n) is 2.39. The van der Waals surface area contributed by atoms with Crippen molar-refractivity contribution in [1.82, 2.24) is 14.8 Å². The molecule has 0 aliphatic heterocycles. The summed E-state index contributed by atoms with van der Waals surface area (Å²) in [5.74, 6) is 0.728. The van der Waals surface area contributed by atoms with Crippen LogP contribution in [0.3, 0.4) is 0 Å². The summed E-state index contributed by atoms with van der Waals surface area (Å²) >= 11 is 17.2. The first-order valence-corrected chi connectivity index (χ1v) is 6.29. The standard InChI is InChI=1S/C11H11Cl2N3S/c1-6(2)16-10(14-15-11(16)17)8-4-3-7(12)5-9(8)13/h3-6H,1-2H3,(H,15,17). The fraction of sp³-hybridized carbons (Fsp3) is 0.273. The first-order chi connectivity index (χ1) is 8.00. The topological polar surface area (TPSA) is 33.6 Å². The Morgan fingerprint density at radius 1 is 1.35 bits per heavy atom. The molecule has 0 amide bonds. The fourth-order valence-corrected chi connectivity index (χ4v) is 2.48. The lowest BCUT2D eigenvalue weighted by Crippen LogP contribution is -2.03. The van der Waals surface area contributed by atoms with Crippen LogP contribution in [-0.4, -0.2) is 14.8 Å². The van der Waals surface area contributed by atoms with Crippen LogP contribution in [0.5, 0.6) is 0 Å². The monoisotopic (exact) mass is 287 g/mol. The number of hydrogen-bond donors (Lipinski definition) is 1. The molecule has 1 aromatic heterocycles. The molecule has 1 N–H and O–H groups in total. The van der Waals surface area contributed by atoms with Crippen molar-refractivity contribution in [1.29, 1.82) is 0 Å². The van der Waals surface area contributed by atoms with Crippen LogP contribution >= 0.6 is 35.4 Å². The summed E-state index contributed by atoms with van der Waals surface area (Å²) in [6.45, 7) is 4.08. The minimum absolute atomic E-state index is 0.211. The van der Waals surface area contributed by atoms with Crippen molar-refractivity contribution in [2.75, 3.05) is 0 Å². The van der Waals surface area contributed by atoms with E-state index in [0.29, 0.717) is 14.8 Å². The smallest absolute Gasteiger partial charge is 0.195 e. The van der Waals surface area contributed by atoms with Gasteiger partial charge in [0.1, 0.15) is 0 Å². The third kappa shape index (κ3) is 2.39. The van der Waals surface area contributed by atoms with E-state index in [-0.39, 0.29) is 6.04 Å². The normalized spacial score (nSPS) is 11.1. The van der Waals surface area contributed by atoms with Crippen molar-refractivity contribution in [3.05, 3.63) is 33.0 Å². The molecule has 2 aromatic rings. The predicted molar refractivity (Wildman–Crippen MR) is 73.3 cm³/mol. The summed E-state index contributed by atoms with van der Waals surface area (Å²) < 4.78 is 2.51. The van der Waals surface area contributed by atoms with Gasteiger partial charge < -0.3 is 0 Å². The van der Waals surface area contributed by atoms with Gasteiger partial charge in [-0.25, -0.2) is 0 Å². The highest BCUT2D eigenvalue weighted by molar-refractivity contribution is 7.71. The maximum Gasteiger partial charge on any atom is 0.195 e. The zero-order valence-corrected chi connectivity index (χ0v) is 11.7. The van der Waals surface area contributed by atoms with Crippen LogP contribution in [0.4, 0.5) is 0 Å². The molecule has 0 radical (unpaired) electrons. The molecule has 0 aliphatic rings. The van der Waals surface area contributed by atoms with Crippen molar-refractivity contribution in [2.45, 2.75) is 19.9 Å². The average Bonchev–Trinajstić information content (AvgIpc) is 2.60. The van der Waals surface area contributed by atoms with Crippen LogP contribution in [0, 0.1) is 4.77 Å². The molecule has 0 fully saturated rings. The summed E-state index contributed by atoms with van der Waals surface area (Å²) in [6.07, 6.45) is 0. The Labute approximate surface area is 114 Å². The van der Waals surface area contributed by atoms with Gasteiger partial charge in [0.05, 0.1) is 5.02 Å². The van der Waals surface area contributed by atoms with Crippen LogP contribution in [-0.2, 0) is 0 Å². The minimum atomic E-state index is 0.211. The van der Waals surface area contributed by atoms with Crippen molar-refractivity contribution in [3.8, 4) is 11.4 Å². The van der Waals surface area contributed by atoms with Crippen molar-refractivity contribution in [3.63, 3.8) is 0 Å². The maximum absolute atomic E-state index is 6.16. The lowest BCUT2D eigenvalue weighted by atomic mass is 10.2. The van der Waals surface area contributed by atoms with Gasteiger partial charge in [-0.3, -0.25) is 9.67 Å². The second-order valence-corrected chi connectivity index (χ2v) is 5.17. The van der Waals surface area contributed by atoms with Crippen LogP contribution < -0.4 is 0 Å². The Balaban J connectivity index is 2.65. The molecule has 0 bridgehead atoms. The Kier molecular flexibility index (Phi) is 3.56. The van der Waals surface area contributed by atoms with E-state index in [4.69, 9.17) is 35.4 Å². The second kappa shape index (κ2) is 4.80. The molecule has 3 nitrogen and oxygen atoms in total. The van der Waals surface area contributed by atoms with E-state index < -0.39 is 0 Å². The number of aromatic nitrogens is 3. The highest BCUT2D eigenvalue weighted by Gasteiger charge is 2.14. The van der Waals surface area contributed by atoms with E-state index in [1.807, 2.05) is 24.5 Å². The molecule has 0 unspecified atom stereocenters. The highest BCUT2D eigenvalue weighted by Crippen LogP contribution is 2.30. The zero-order valence-electron chi connectivity index (χ0n) is 9.37. The van der Waals surface area contributed by atoms with Crippen LogP contribution in [0.15, 0.2) is 18.2 Å². The van der Waals surface area contributed by atoms with E-state index in [1.165, 1.54) is 0 Å². The molecular weight excluding hydrogens is 277 g/mol. The number of nitrogens with zero attached hydrogens (tertiary/aromatic N) is 2. The van der Waals surface area contributed by atoms with Gasteiger partial charge in [0.15, 0.2) is 10.6 Å². The summed E-state index contributed by atoms with van der Waals surface area (Å²) in [5, 5.41) is 8.16. The molecule has 0 saturated carbocycles. The number of H-pyrrole nitrogens is 1. The van der Waals surface area contributed by atoms with Gasteiger partial charge >= 0.3 is 0 Å². The van der Waals surface area contributed by atoms with Gasteiger partial charge in [0, 0.05) is 16.6 Å². The Hall–Kier alpha value is -0.840. The molecule has 0 atom stereocenters. The summed E-state index contributed by atoms with van der Waals surface area (Å²) in [4.78, 5) is 0. The molecule has 1 heterocycles. The van der Waals surface area contributed by atoms with E-state index in [0.717, 1.165) is 11.4 Å². The lowest BCUT2D eigenvalue weighted by Gasteiger charge is -2.11. The van der Waals surface area contributed by atoms with Gasteiger partial charge in [-0.2, -0.15) is 5.10 Å². The van der Waals surface area contributed by atoms with Crippen LogP contribution in [0.25, 0.3) is 11.4 Å². The molecule has 0 spiro atoms. The molecule has 6 heteroatoms. The van der Waals surface area contributed by atoms with Crippen molar-refractivity contribution < 1.29 is 0 Å². The largest absolute Gasteiger partial charge is 0.298 e. The average molecular weight is 288 g/mol. The zero-order chi connectivity index (χ0) is 12.6. The number of hydrogen-bond acceptors (Lipinski definition) is 2. The number of aromatic amines is 1. The van der Waals surface area contributed by atoms with Crippen LogP contribution in [0.2, 0.25) is 10.0 Å². The summed E-state index contributed by atoms with van der Waals surface area (Å²) in [6, 6.07) is 5.53.